The molecule has 0 saturated heterocycles. The molecule has 2 N–H and O–H groups in total. The van der Waals surface area contributed by atoms with Crippen LogP contribution in [-0.4, -0.2) is 26.8 Å². The number of hydrogen-bond acceptors (Lipinski definition) is 4. The Morgan fingerprint density at radius 2 is 1.89 bits per heavy atom. The summed E-state index contributed by atoms with van der Waals surface area (Å²) < 4.78 is 13.6. The first-order valence-corrected chi connectivity index (χ1v) is 6.60. The Bertz CT molecular complexity index is 566. The summed E-state index contributed by atoms with van der Waals surface area (Å²) in [5.74, 6) is -1.03. The van der Waals surface area contributed by atoms with E-state index in [1.165, 1.54) is 28.6 Å². The number of hydrogen-bond donors (Lipinski definition) is 2. The second kappa shape index (κ2) is 5.12. The van der Waals surface area contributed by atoms with Crippen LogP contribution in [0.2, 0.25) is 0 Å². The largest absolute Gasteiger partial charge is 0.478 e. The monoisotopic (exact) mass is 283 g/mol. The summed E-state index contributed by atoms with van der Waals surface area (Å²) in [6, 6.07) is 5.87. The zero-order valence-electron chi connectivity index (χ0n) is 10.4. The van der Waals surface area contributed by atoms with Crippen molar-refractivity contribution in [1.29, 1.82) is 0 Å². The van der Waals surface area contributed by atoms with Gasteiger partial charge in [-0.25, -0.2) is 19.1 Å². The maximum atomic E-state index is 12.2. The van der Waals surface area contributed by atoms with Gasteiger partial charge in [0, 0.05) is 4.91 Å². The predicted octanol–water partition coefficient (Wildman–Crippen LogP) is 1.98. The van der Waals surface area contributed by atoms with Crippen molar-refractivity contribution in [3.8, 4) is 0 Å². The van der Waals surface area contributed by atoms with Crippen molar-refractivity contribution in [2.24, 2.45) is 0 Å². The molecule has 1 unspecified atom stereocenters. The topological polar surface area (TPSA) is 87.1 Å². The van der Waals surface area contributed by atoms with E-state index in [0.717, 1.165) is 0 Å². The van der Waals surface area contributed by atoms with Gasteiger partial charge in [0.2, 0.25) is 0 Å². The molecule has 7 heteroatoms. The molecule has 1 aliphatic heterocycles. The van der Waals surface area contributed by atoms with E-state index in [4.69, 9.17) is 10.4 Å². The molecule has 19 heavy (non-hydrogen) atoms. The summed E-state index contributed by atoms with van der Waals surface area (Å²) in [7, 11) is -1.45. The van der Waals surface area contributed by atoms with Gasteiger partial charge in [-0.2, -0.15) is 0 Å². The number of anilines is 1. The average Bonchev–Trinajstić information content (AvgIpc) is 2.62. The van der Waals surface area contributed by atoms with Gasteiger partial charge in [-0.3, -0.25) is 4.31 Å². The zero-order valence-corrected chi connectivity index (χ0v) is 11.2. The van der Waals surface area contributed by atoms with Crippen LogP contribution in [0.25, 0.3) is 0 Å². The average molecular weight is 283 g/mol. The maximum absolute atomic E-state index is 12.2. The van der Waals surface area contributed by atoms with Crippen LogP contribution >= 0.6 is 0 Å². The van der Waals surface area contributed by atoms with Crippen LogP contribution in [0.4, 0.5) is 5.69 Å². The first kappa shape index (κ1) is 13.7. The Kier molecular flexibility index (Phi) is 3.70. The second-order valence-electron chi connectivity index (χ2n) is 4.12. The van der Waals surface area contributed by atoms with Crippen molar-refractivity contribution in [2.75, 3.05) is 4.31 Å². The van der Waals surface area contributed by atoms with Crippen molar-refractivity contribution < 1.29 is 24.3 Å². The quantitative estimate of drug-likeness (QED) is 0.654. The standard InChI is InChI=1S/C12H13NO5S/c1-7-8(2)19(17)13(11(7)18-16)10-5-3-9(4-6-10)12(14)15/h3-6,11,16H,1-2H3,(H,14,15)/t11-,19?/m1/s1. The van der Waals surface area contributed by atoms with Gasteiger partial charge in [0.1, 0.15) is 0 Å². The lowest BCUT2D eigenvalue weighted by Crippen LogP contribution is -2.33. The Labute approximate surface area is 112 Å². The van der Waals surface area contributed by atoms with E-state index in [2.05, 4.69) is 4.89 Å². The lowest BCUT2D eigenvalue weighted by atomic mass is 10.2. The lowest BCUT2D eigenvalue weighted by Gasteiger charge is -2.23. The lowest BCUT2D eigenvalue weighted by molar-refractivity contribution is -0.264. The SMILES string of the molecule is CC1=C(C)S(=O)N(c2ccc(C(=O)O)cc2)[C@@H]1OO. The van der Waals surface area contributed by atoms with Crippen LogP contribution < -0.4 is 4.31 Å². The molecule has 0 spiro atoms. The minimum Gasteiger partial charge on any atom is -0.478 e. The van der Waals surface area contributed by atoms with Crippen LogP contribution in [0, 0.1) is 0 Å². The van der Waals surface area contributed by atoms with E-state index in [9.17, 15) is 9.00 Å². The summed E-state index contributed by atoms with van der Waals surface area (Å²) in [6.07, 6.45) is -0.823. The molecule has 2 rings (SSSR count). The summed E-state index contributed by atoms with van der Waals surface area (Å²) in [5, 5.41) is 17.8. The number of rotatable bonds is 3. The Hall–Kier alpha value is -1.70. The van der Waals surface area contributed by atoms with Gasteiger partial charge >= 0.3 is 5.97 Å². The molecule has 1 aliphatic rings. The summed E-state index contributed by atoms with van der Waals surface area (Å²) in [4.78, 5) is 15.8. The fourth-order valence-electron chi connectivity index (χ4n) is 1.83. The van der Waals surface area contributed by atoms with Crippen LogP contribution in [-0.2, 0) is 15.9 Å². The van der Waals surface area contributed by atoms with Gasteiger partial charge in [-0.05, 0) is 43.7 Å². The fraction of sp³-hybridized carbons (Fsp3) is 0.250. The minimum atomic E-state index is -1.45. The minimum absolute atomic E-state index is 0.136. The van der Waals surface area contributed by atoms with Crippen molar-refractivity contribution >= 4 is 22.6 Å². The summed E-state index contributed by atoms with van der Waals surface area (Å²) >= 11 is 0. The molecular weight excluding hydrogens is 270 g/mol. The predicted molar refractivity (Wildman–Crippen MR) is 69.9 cm³/mol. The number of carboxylic acid groups (broad SMARTS) is 1. The van der Waals surface area contributed by atoms with Crippen molar-refractivity contribution in [2.45, 2.75) is 20.1 Å². The molecule has 102 valence electrons. The molecule has 0 saturated carbocycles. The molecule has 0 bridgehead atoms. The fourth-order valence-corrected chi connectivity index (χ4v) is 3.18. The van der Waals surface area contributed by atoms with Crippen LogP contribution in [0.15, 0.2) is 34.7 Å². The highest BCUT2D eigenvalue weighted by molar-refractivity contribution is 7.90. The third-order valence-corrected chi connectivity index (χ3v) is 4.65. The van der Waals surface area contributed by atoms with E-state index in [-0.39, 0.29) is 5.56 Å². The van der Waals surface area contributed by atoms with Gasteiger partial charge in [-0.1, -0.05) is 0 Å². The highest BCUT2D eigenvalue weighted by atomic mass is 32.2. The molecule has 0 aliphatic carbocycles. The molecule has 6 nitrogen and oxygen atoms in total. The van der Waals surface area contributed by atoms with Crippen molar-refractivity contribution in [3.63, 3.8) is 0 Å². The van der Waals surface area contributed by atoms with Gasteiger partial charge in [0.25, 0.3) is 0 Å². The van der Waals surface area contributed by atoms with E-state index in [1.807, 2.05) is 0 Å². The van der Waals surface area contributed by atoms with E-state index < -0.39 is 23.2 Å². The first-order chi connectivity index (χ1) is 8.97. The number of benzene rings is 1. The van der Waals surface area contributed by atoms with Crippen LogP contribution in [0.5, 0.6) is 0 Å². The van der Waals surface area contributed by atoms with Crippen molar-refractivity contribution in [1.82, 2.24) is 0 Å². The number of aromatic carboxylic acids is 1. The Morgan fingerprint density at radius 1 is 1.32 bits per heavy atom. The van der Waals surface area contributed by atoms with Crippen LogP contribution in [0.1, 0.15) is 24.2 Å². The summed E-state index contributed by atoms with van der Waals surface area (Å²) in [6.45, 7) is 3.42. The van der Waals surface area contributed by atoms with Gasteiger partial charge in [-0.15, -0.1) is 0 Å². The Balaban J connectivity index is 2.37. The van der Waals surface area contributed by atoms with Gasteiger partial charge < -0.3 is 5.11 Å². The third-order valence-electron chi connectivity index (χ3n) is 3.05. The molecule has 2 atom stereocenters. The number of allylic oxidation sites excluding steroid dienone is 1. The zero-order chi connectivity index (χ0) is 14.2. The van der Waals surface area contributed by atoms with Crippen LogP contribution in [0.3, 0.4) is 0 Å². The number of carbonyl (C=O) groups is 1. The molecule has 1 aromatic rings. The highest BCUT2D eigenvalue weighted by Crippen LogP contribution is 2.33. The van der Waals surface area contributed by atoms with Gasteiger partial charge in [0.15, 0.2) is 17.2 Å². The normalized spacial score (nSPS) is 23.0. The molecule has 0 amide bonds. The van der Waals surface area contributed by atoms with Crippen molar-refractivity contribution in [3.05, 3.63) is 40.3 Å². The number of carboxylic acids is 1. The molecule has 0 radical (unpaired) electrons. The Morgan fingerprint density at radius 3 is 2.37 bits per heavy atom. The molecule has 0 aromatic heterocycles. The first-order valence-electron chi connectivity index (χ1n) is 5.49. The highest BCUT2D eigenvalue weighted by Gasteiger charge is 2.36. The van der Waals surface area contributed by atoms with E-state index >= 15 is 0 Å². The molecular formula is C12H13NO5S. The van der Waals surface area contributed by atoms with E-state index in [0.29, 0.717) is 16.2 Å². The third kappa shape index (κ3) is 2.27. The van der Waals surface area contributed by atoms with E-state index in [1.54, 1.807) is 13.8 Å². The molecule has 0 fully saturated rings. The molecule has 1 heterocycles. The van der Waals surface area contributed by atoms with Gasteiger partial charge in [0.05, 0.1) is 11.3 Å². The maximum Gasteiger partial charge on any atom is 0.335 e. The smallest absolute Gasteiger partial charge is 0.335 e. The molecule has 1 aromatic carbocycles. The summed E-state index contributed by atoms with van der Waals surface area (Å²) in [5.41, 5.74) is 1.32. The second-order valence-corrected chi connectivity index (χ2v) is 5.63. The number of nitrogens with zero attached hydrogens (tertiary/aromatic N) is 1.